The fourth-order valence-electron chi connectivity index (χ4n) is 6.62. The van der Waals surface area contributed by atoms with Crippen LogP contribution in [0.25, 0.3) is 11.1 Å². The first-order valence-corrected chi connectivity index (χ1v) is 25.3. The lowest BCUT2D eigenvalue weighted by Crippen LogP contribution is -2.29. The van der Waals surface area contributed by atoms with Gasteiger partial charge in [-0.1, -0.05) is 74.8 Å². The molecule has 4 amide bonds. The van der Waals surface area contributed by atoms with Gasteiger partial charge in [0.05, 0.1) is 26.2 Å². The SMILES string of the molecule is C=CC(=O)OCCNC(=O)OCCOc1ccc(C(=C(c2ccc(OCCOC(=O)NCCOC(=O)C=C)cc2)c2ccc(OCCOC(=O)NCCOC(=O)C=C)cc2)c2ccc(OCCOC(=O)NCCOC(=O)C=C)cc2)cc1. The van der Waals surface area contributed by atoms with Gasteiger partial charge in [0, 0.05) is 24.3 Å². The van der Waals surface area contributed by atoms with E-state index in [1.165, 1.54) is 0 Å². The quantitative estimate of drug-likeness (QED) is 0.0133. The Morgan fingerprint density at radius 1 is 0.280 bits per heavy atom. The van der Waals surface area contributed by atoms with Crippen molar-refractivity contribution >= 4 is 59.4 Å². The van der Waals surface area contributed by atoms with Crippen molar-refractivity contribution in [2.45, 2.75) is 0 Å². The Hall–Kier alpha value is -10.3. The van der Waals surface area contributed by atoms with Crippen LogP contribution in [0, 0.1) is 0 Å². The molecule has 0 fully saturated rings. The number of hydrogen-bond acceptors (Lipinski definition) is 20. The van der Waals surface area contributed by atoms with Crippen molar-refractivity contribution in [3.63, 3.8) is 0 Å². The van der Waals surface area contributed by atoms with E-state index >= 15 is 0 Å². The minimum Gasteiger partial charge on any atom is -0.490 e. The van der Waals surface area contributed by atoms with Crippen molar-refractivity contribution in [2.24, 2.45) is 0 Å². The van der Waals surface area contributed by atoms with Crippen molar-refractivity contribution in [3.05, 3.63) is 170 Å². The van der Waals surface area contributed by atoms with Crippen LogP contribution in [0.1, 0.15) is 22.3 Å². The van der Waals surface area contributed by atoms with E-state index in [0.717, 1.165) is 57.7 Å². The Morgan fingerprint density at radius 2 is 0.476 bits per heavy atom. The topological polar surface area (TPSA) is 295 Å². The number of esters is 4. The van der Waals surface area contributed by atoms with Crippen molar-refractivity contribution in [2.75, 3.05) is 105 Å². The maximum Gasteiger partial charge on any atom is 0.407 e. The summed E-state index contributed by atoms with van der Waals surface area (Å²) in [5, 5.41) is 9.89. The standard InChI is InChI=1S/C58H64N4O20/c1-5-49(63)75-29-25-59-55(67)79-37-33-71-45-17-9-41(10-18-45)53(42-11-19-46(20-12-42)72-34-38-80-56(68)60-26-30-76-50(64)6-2)54(43-13-21-47(22-14-43)73-35-39-81-57(69)61-27-31-77-51(65)7-3)44-15-23-48(24-16-44)74-36-40-82-58(70)62-28-32-78-52(66)8-4/h5-24H,1-4,25-40H2,(H,59,67)(H,60,68)(H,61,69)(H,62,70). The van der Waals surface area contributed by atoms with Gasteiger partial charge in [-0.3, -0.25) is 0 Å². The maximum atomic E-state index is 12.1. The van der Waals surface area contributed by atoms with E-state index in [0.29, 0.717) is 23.0 Å². The van der Waals surface area contributed by atoms with Gasteiger partial charge < -0.3 is 78.1 Å². The molecule has 24 heteroatoms. The molecule has 4 N–H and O–H groups in total. The van der Waals surface area contributed by atoms with Crippen LogP contribution < -0.4 is 40.2 Å². The summed E-state index contributed by atoms with van der Waals surface area (Å²) in [5.74, 6) is -0.602. The van der Waals surface area contributed by atoms with E-state index in [1.807, 2.05) is 48.5 Å². The Kier molecular flexibility index (Phi) is 29.4. The predicted octanol–water partition coefficient (Wildman–Crippen LogP) is 6.03. The number of amides is 4. The summed E-state index contributed by atoms with van der Waals surface area (Å²) in [5.41, 5.74) is 4.46. The molecule has 82 heavy (non-hydrogen) atoms. The predicted molar refractivity (Wildman–Crippen MR) is 295 cm³/mol. The van der Waals surface area contributed by atoms with Gasteiger partial charge in [-0.05, 0) is 81.9 Å². The fraction of sp³-hybridized carbons (Fsp3) is 0.276. The summed E-state index contributed by atoms with van der Waals surface area (Å²) in [7, 11) is 0. The highest BCUT2D eigenvalue weighted by molar-refractivity contribution is 6.04. The van der Waals surface area contributed by atoms with Crippen LogP contribution in [0.5, 0.6) is 23.0 Å². The molecule has 4 rings (SSSR count). The molecule has 0 saturated heterocycles. The largest absolute Gasteiger partial charge is 0.490 e. The molecular formula is C58H64N4O20. The Balaban J connectivity index is 1.59. The molecule has 0 aliphatic heterocycles. The van der Waals surface area contributed by atoms with E-state index in [4.69, 9.17) is 56.8 Å². The molecule has 0 aliphatic rings. The van der Waals surface area contributed by atoms with Gasteiger partial charge in [0.1, 0.15) is 102 Å². The third kappa shape index (κ3) is 25.5. The monoisotopic (exact) mass is 1140 g/mol. The maximum absolute atomic E-state index is 12.1. The van der Waals surface area contributed by atoms with Crippen LogP contribution in [0.15, 0.2) is 148 Å². The lowest BCUT2D eigenvalue weighted by Gasteiger charge is -2.19. The van der Waals surface area contributed by atoms with Gasteiger partial charge in [0.15, 0.2) is 0 Å². The summed E-state index contributed by atoms with van der Waals surface area (Å²) in [4.78, 5) is 93.5. The van der Waals surface area contributed by atoms with Crippen molar-refractivity contribution in [1.29, 1.82) is 0 Å². The van der Waals surface area contributed by atoms with Crippen molar-refractivity contribution in [3.8, 4) is 23.0 Å². The fourth-order valence-corrected chi connectivity index (χ4v) is 6.62. The van der Waals surface area contributed by atoms with E-state index in [-0.39, 0.29) is 105 Å². The van der Waals surface area contributed by atoms with Crippen LogP contribution in [-0.2, 0) is 57.1 Å². The molecule has 24 nitrogen and oxygen atoms in total. The number of carbonyl (C=O) groups is 8. The zero-order chi connectivity index (χ0) is 59.2. The minimum atomic E-state index is -0.723. The van der Waals surface area contributed by atoms with Crippen LogP contribution in [-0.4, -0.2) is 154 Å². The first kappa shape index (κ1) is 64.3. The van der Waals surface area contributed by atoms with Crippen LogP contribution in [0.2, 0.25) is 0 Å². The third-order valence-electron chi connectivity index (χ3n) is 10.3. The molecule has 0 unspecified atom stereocenters. The van der Waals surface area contributed by atoms with Gasteiger partial charge in [0.2, 0.25) is 0 Å². The molecular weight excluding hydrogens is 1070 g/mol. The Morgan fingerprint density at radius 3 is 0.659 bits per heavy atom. The average molecular weight is 1140 g/mol. The highest BCUT2D eigenvalue weighted by atomic mass is 16.6. The van der Waals surface area contributed by atoms with E-state index in [1.54, 1.807) is 48.5 Å². The van der Waals surface area contributed by atoms with E-state index in [2.05, 4.69) is 47.6 Å². The number of carbonyl (C=O) groups excluding carboxylic acids is 8. The second-order valence-electron chi connectivity index (χ2n) is 16.0. The molecule has 0 bridgehead atoms. The van der Waals surface area contributed by atoms with Gasteiger partial charge in [-0.25, -0.2) is 38.4 Å². The van der Waals surface area contributed by atoms with Gasteiger partial charge in [-0.15, -0.1) is 0 Å². The number of rotatable bonds is 36. The summed E-state index contributed by atoms with van der Waals surface area (Å²) in [6, 6.07) is 29.0. The third-order valence-corrected chi connectivity index (χ3v) is 10.3. The first-order chi connectivity index (χ1) is 39.8. The molecule has 0 radical (unpaired) electrons. The molecule has 0 atom stereocenters. The molecule has 4 aromatic rings. The molecule has 0 heterocycles. The second-order valence-corrected chi connectivity index (χ2v) is 16.0. The molecule has 0 aromatic heterocycles. The Bertz CT molecular complexity index is 2410. The van der Waals surface area contributed by atoms with Crippen molar-refractivity contribution in [1.82, 2.24) is 21.3 Å². The minimum absolute atomic E-state index is 0.0160. The second kappa shape index (κ2) is 37.5. The number of benzene rings is 4. The van der Waals surface area contributed by atoms with Crippen LogP contribution in [0.4, 0.5) is 19.2 Å². The lowest BCUT2D eigenvalue weighted by molar-refractivity contribution is -0.138. The number of ether oxygens (including phenoxy) is 12. The number of alkyl carbamates (subject to hydrolysis) is 4. The lowest BCUT2D eigenvalue weighted by atomic mass is 9.85. The normalized spacial score (nSPS) is 10.1. The average Bonchev–Trinajstić information content (AvgIpc) is 3.70. The summed E-state index contributed by atoms with van der Waals surface area (Å²) in [6.45, 7) is 12.9. The number of hydrogen-bond donors (Lipinski definition) is 4. The highest BCUT2D eigenvalue weighted by Crippen LogP contribution is 2.39. The molecule has 0 saturated carbocycles. The summed E-state index contributed by atoms with van der Waals surface area (Å²) >= 11 is 0. The van der Waals surface area contributed by atoms with E-state index in [9.17, 15) is 38.4 Å². The summed E-state index contributed by atoms with van der Waals surface area (Å²) in [6.07, 6.45) is 1.16. The molecule has 0 aliphatic carbocycles. The smallest absolute Gasteiger partial charge is 0.407 e. The van der Waals surface area contributed by atoms with Crippen LogP contribution in [0.3, 0.4) is 0 Å². The molecule has 436 valence electrons. The molecule has 4 aromatic carbocycles. The Labute approximate surface area is 472 Å². The molecule has 0 spiro atoms. The zero-order valence-electron chi connectivity index (χ0n) is 44.9. The van der Waals surface area contributed by atoms with Gasteiger partial charge >= 0.3 is 48.3 Å². The van der Waals surface area contributed by atoms with Crippen LogP contribution >= 0.6 is 0 Å². The van der Waals surface area contributed by atoms with Gasteiger partial charge in [0.25, 0.3) is 0 Å². The van der Waals surface area contributed by atoms with Gasteiger partial charge in [-0.2, -0.15) is 0 Å². The number of nitrogens with one attached hydrogen (secondary N) is 4. The highest BCUT2D eigenvalue weighted by Gasteiger charge is 2.18. The van der Waals surface area contributed by atoms with E-state index < -0.39 is 48.3 Å². The zero-order valence-corrected chi connectivity index (χ0v) is 44.9. The summed E-state index contributed by atoms with van der Waals surface area (Å²) < 4.78 is 63.7. The van der Waals surface area contributed by atoms with Crippen molar-refractivity contribution < 1.29 is 95.2 Å². The first-order valence-electron chi connectivity index (χ1n) is 25.3.